The summed E-state index contributed by atoms with van der Waals surface area (Å²) < 4.78 is 11.5. The van der Waals surface area contributed by atoms with Crippen molar-refractivity contribution in [1.82, 2.24) is 4.90 Å². The molecule has 0 atom stereocenters. The molecule has 0 heterocycles. The Morgan fingerprint density at radius 2 is 0.759 bits per heavy atom. The number of rotatable bonds is 44. The fourth-order valence-corrected chi connectivity index (χ4v) is 7.44. The van der Waals surface area contributed by atoms with Crippen molar-refractivity contribution >= 4 is 17.7 Å². The summed E-state index contributed by atoms with van der Waals surface area (Å²) in [6.07, 6.45) is 41.3. The van der Waals surface area contributed by atoms with Gasteiger partial charge in [0, 0.05) is 19.3 Å². The van der Waals surface area contributed by atoms with E-state index in [9.17, 15) is 14.4 Å². The molecule has 320 valence electrons. The van der Waals surface area contributed by atoms with Gasteiger partial charge in [0.05, 0.1) is 6.61 Å². The molecule has 0 rings (SSSR count). The highest BCUT2D eigenvalue weighted by atomic mass is 16.5. The first-order chi connectivity index (χ1) is 26.4. The highest BCUT2D eigenvalue weighted by molar-refractivity contribution is 5.75. The Balaban J connectivity index is 4.23. The SMILES string of the molecule is CCCCCCCCCOC(=O)CCCCCCCN(CCCCCCCC(=O)OC(CCCCCCCC)CCCCCCCC)CCCCC(C)=O. The van der Waals surface area contributed by atoms with Gasteiger partial charge in [-0.15, -0.1) is 0 Å². The molecule has 0 unspecified atom stereocenters. The molecule has 0 N–H and O–H groups in total. The first-order valence-electron chi connectivity index (χ1n) is 24.0. The van der Waals surface area contributed by atoms with E-state index in [2.05, 4.69) is 25.7 Å². The van der Waals surface area contributed by atoms with Crippen molar-refractivity contribution in [2.24, 2.45) is 0 Å². The van der Waals surface area contributed by atoms with Crippen LogP contribution in [0, 0.1) is 0 Å². The molecule has 0 aromatic heterocycles. The van der Waals surface area contributed by atoms with Gasteiger partial charge in [0.2, 0.25) is 0 Å². The topological polar surface area (TPSA) is 72.9 Å². The van der Waals surface area contributed by atoms with Gasteiger partial charge in [-0.3, -0.25) is 9.59 Å². The van der Waals surface area contributed by atoms with Crippen molar-refractivity contribution in [3.05, 3.63) is 0 Å². The predicted molar refractivity (Wildman–Crippen MR) is 231 cm³/mol. The van der Waals surface area contributed by atoms with Crippen LogP contribution in [0.1, 0.15) is 259 Å². The largest absolute Gasteiger partial charge is 0.466 e. The molecule has 0 saturated heterocycles. The zero-order valence-corrected chi connectivity index (χ0v) is 36.9. The maximum Gasteiger partial charge on any atom is 0.306 e. The molecule has 0 aliphatic heterocycles. The fraction of sp³-hybridized carbons (Fsp3) is 0.938. The van der Waals surface area contributed by atoms with E-state index in [4.69, 9.17) is 9.47 Å². The second-order valence-corrected chi connectivity index (χ2v) is 16.6. The number of esters is 2. The third kappa shape index (κ3) is 40.2. The lowest BCUT2D eigenvalue weighted by Crippen LogP contribution is -2.27. The normalized spacial score (nSPS) is 11.5. The summed E-state index contributed by atoms with van der Waals surface area (Å²) >= 11 is 0. The lowest BCUT2D eigenvalue weighted by atomic mass is 10.0. The molecule has 0 bridgehead atoms. The van der Waals surface area contributed by atoms with Gasteiger partial charge in [-0.25, -0.2) is 0 Å². The van der Waals surface area contributed by atoms with E-state index in [1.807, 2.05) is 0 Å². The van der Waals surface area contributed by atoms with Crippen molar-refractivity contribution in [1.29, 1.82) is 0 Å². The molecule has 0 amide bonds. The van der Waals surface area contributed by atoms with Gasteiger partial charge in [-0.05, 0) is 97.2 Å². The Bertz CT molecular complexity index is 801. The number of hydrogen-bond donors (Lipinski definition) is 0. The van der Waals surface area contributed by atoms with E-state index in [0.29, 0.717) is 31.7 Å². The molecule has 0 saturated carbocycles. The Morgan fingerprint density at radius 3 is 1.22 bits per heavy atom. The number of ketones is 1. The molecule has 0 radical (unpaired) electrons. The summed E-state index contributed by atoms with van der Waals surface area (Å²) in [7, 11) is 0. The van der Waals surface area contributed by atoms with Gasteiger partial charge in [0.15, 0.2) is 0 Å². The number of carbonyl (C=O) groups excluding carboxylic acids is 3. The molecule has 0 fully saturated rings. The second-order valence-electron chi connectivity index (χ2n) is 16.6. The van der Waals surface area contributed by atoms with Crippen LogP contribution >= 0.6 is 0 Å². The minimum atomic E-state index is -0.0242. The second kappa shape index (κ2) is 42.7. The summed E-state index contributed by atoms with van der Waals surface area (Å²) in [4.78, 5) is 38.9. The maximum absolute atomic E-state index is 12.8. The van der Waals surface area contributed by atoms with E-state index >= 15 is 0 Å². The Kier molecular flexibility index (Phi) is 41.6. The van der Waals surface area contributed by atoms with Crippen LogP contribution in [0.25, 0.3) is 0 Å². The van der Waals surface area contributed by atoms with Gasteiger partial charge in [-0.2, -0.15) is 0 Å². The standard InChI is InChI=1S/C48H93NO5/c1-5-8-11-14-17-26-35-44-53-47(51)39-29-22-18-24-32-41-49(43-34-31-36-45(4)50)42-33-25-19-23-30-40-48(52)54-46(37-27-20-15-12-9-6-2)38-28-21-16-13-10-7-3/h46H,5-44H2,1-4H3. The molecule has 0 aromatic carbocycles. The molecule has 0 aliphatic carbocycles. The van der Waals surface area contributed by atoms with Crippen LogP contribution < -0.4 is 0 Å². The van der Waals surface area contributed by atoms with Crippen LogP contribution in [-0.2, 0) is 23.9 Å². The van der Waals surface area contributed by atoms with Gasteiger partial charge in [-0.1, -0.05) is 162 Å². The molecular formula is C48H93NO5. The van der Waals surface area contributed by atoms with Gasteiger partial charge in [0.1, 0.15) is 11.9 Å². The van der Waals surface area contributed by atoms with Crippen molar-refractivity contribution in [2.45, 2.75) is 265 Å². The smallest absolute Gasteiger partial charge is 0.306 e. The molecular weight excluding hydrogens is 671 g/mol. The summed E-state index contributed by atoms with van der Waals surface area (Å²) in [6.45, 7) is 12.4. The number of ether oxygens (including phenoxy) is 2. The number of carbonyl (C=O) groups is 3. The third-order valence-corrected chi connectivity index (χ3v) is 11.0. The van der Waals surface area contributed by atoms with Crippen LogP contribution in [0.5, 0.6) is 0 Å². The zero-order valence-electron chi connectivity index (χ0n) is 36.9. The minimum Gasteiger partial charge on any atom is -0.466 e. The summed E-state index contributed by atoms with van der Waals surface area (Å²) in [5, 5.41) is 0. The highest BCUT2D eigenvalue weighted by Crippen LogP contribution is 2.19. The van der Waals surface area contributed by atoms with Crippen LogP contribution in [0.4, 0.5) is 0 Å². The van der Waals surface area contributed by atoms with Gasteiger partial charge < -0.3 is 19.2 Å². The first kappa shape index (κ1) is 52.6. The molecule has 54 heavy (non-hydrogen) atoms. The minimum absolute atomic E-state index is 0.0208. The number of unbranched alkanes of at least 4 members (excludes halogenated alkanes) is 25. The fourth-order valence-electron chi connectivity index (χ4n) is 7.44. The van der Waals surface area contributed by atoms with Crippen LogP contribution in [0.3, 0.4) is 0 Å². The lowest BCUT2D eigenvalue weighted by Gasteiger charge is -2.22. The average Bonchev–Trinajstić information content (AvgIpc) is 3.15. The summed E-state index contributed by atoms with van der Waals surface area (Å²) in [6, 6.07) is 0. The summed E-state index contributed by atoms with van der Waals surface area (Å²) in [5.41, 5.74) is 0. The van der Waals surface area contributed by atoms with Crippen molar-refractivity contribution < 1.29 is 23.9 Å². The van der Waals surface area contributed by atoms with E-state index in [1.54, 1.807) is 6.92 Å². The van der Waals surface area contributed by atoms with E-state index in [0.717, 1.165) is 77.4 Å². The maximum atomic E-state index is 12.8. The van der Waals surface area contributed by atoms with Crippen molar-refractivity contribution in [3.63, 3.8) is 0 Å². The van der Waals surface area contributed by atoms with E-state index in [-0.39, 0.29) is 18.0 Å². The Hall–Kier alpha value is -1.43. The monoisotopic (exact) mass is 764 g/mol. The first-order valence-corrected chi connectivity index (χ1v) is 24.0. The Labute approximate surface area is 336 Å². The third-order valence-electron chi connectivity index (χ3n) is 11.0. The Morgan fingerprint density at radius 1 is 0.407 bits per heavy atom. The molecule has 6 heteroatoms. The quantitative estimate of drug-likeness (QED) is 0.0454. The van der Waals surface area contributed by atoms with Crippen molar-refractivity contribution in [3.8, 4) is 0 Å². The molecule has 0 aromatic rings. The highest BCUT2D eigenvalue weighted by Gasteiger charge is 2.14. The predicted octanol–water partition coefficient (Wildman–Crippen LogP) is 14.4. The zero-order chi connectivity index (χ0) is 39.6. The van der Waals surface area contributed by atoms with E-state index in [1.165, 1.54) is 154 Å². The summed E-state index contributed by atoms with van der Waals surface area (Å²) in [5.74, 6) is 0.287. The average molecular weight is 764 g/mol. The number of hydrogen-bond acceptors (Lipinski definition) is 6. The van der Waals surface area contributed by atoms with Gasteiger partial charge >= 0.3 is 11.9 Å². The number of Topliss-reactive ketones (excluding diaryl/α,β-unsaturated/α-hetero) is 1. The molecule has 0 aliphatic rings. The molecule has 6 nitrogen and oxygen atoms in total. The van der Waals surface area contributed by atoms with Crippen LogP contribution in [-0.4, -0.2) is 55.0 Å². The van der Waals surface area contributed by atoms with Crippen LogP contribution in [0.2, 0.25) is 0 Å². The lowest BCUT2D eigenvalue weighted by molar-refractivity contribution is -0.150. The van der Waals surface area contributed by atoms with Crippen molar-refractivity contribution in [2.75, 3.05) is 26.2 Å². The van der Waals surface area contributed by atoms with E-state index < -0.39 is 0 Å². The number of nitrogens with zero attached hydrogens (tertiary/aromatic N) is 1. The molecule has 0 spiro atoms. The van der Waals surface area contributed by atoms with Crippen LogP contribution in [0.15, 0.2) is 0 Å². The van der Waals surface area contributed by atoms with Gasteiger partial charge in [0.25, 0.3) is 0 Å².